The first-order chi connectivity index (χ1) is 9.49. The van der Waals surface area contributed by atoms with E-state index in [9.17, 15) is 19.2 Å². The minimum atomic E-state index is -0.945. The molecule has 0 radical (unpaired) electrons. The molecule has 2 aliphatic rings. The van der Waals surface area contributed by atoms with Crippen LogP contribution in [-0.4, -0.2) is 34.6 Å². The number of rotatable bonds is 1. The molecule has 1 aromatic rings. The van der Waals surface area contributed by atoms with E-state index < -0.39 is 29.7 Å². The molecule has 3 rings (SSSR count). The van der Waals surface area contributed by atoms with Crippen molar-refractivity contribution in [3.05, 3.63) is 34.3 Å². The van der Waals surface area contributed by atoms with E-state index in [1.54, 1.807) is 0 Å². The van der Waals surface area contributed by atoms with Crippen LogP contribution in [0, 0.1) is 0 Å². The summed E-state index contributed by atoms with van der Waals surface area (Å²) in [5, 5.41) is 2.48. The van der Waals surface area contributed by atoms with Crippen molar-refractivity contribution in [1.29, 1.82) is 0 Å². The molecule has 1 aromatic carbocycles. The number of fused-ring (bicyclic) bond motifs is 1. The molecule has 7 heteroatoms. The number of hydrogen-bond acceptors (Lipinski definition) is 4. The van der Waals surface area contributed by atoms with Gasteiger partial charge in [0.25, 0.3) is 11.8 Å². The normalized spacial score (nSPS) is 22.1. The first-order valence-electron chi connectivity index (χ1n) is 6.00. The summed E-state index contributed by atoms with van der Waals surface area (Å²) in [6.45, 7) is 0. The van der Waals surface area contributed by atoms with Crippen molar-refractivity contribution in [1.82, 2.24) is 10.2 Å². The zero-order valence-electron chi connectivity index (χ0n) is 10.2. The van der Waals surface area contributed by atoms with Crippen molar-refractivity contribution in [3.8, 4) is 0 Å². The van der Waals surface area contributed by atoms with E-state index in [1.807, 2.05) is 0 Å². The Morgan fingerprint density at radius 2 is 1.80 bits per heavy atom. The van der Waals surface area contributed by atoms with Crippen LogP contribution in [0.15, 0.2) is 18.2 Å². The van der Waals surface area contributed by atoms with Crippen LogP contribution >= 0.6 is 11.6 Å². The molecule has 0 bridgehead atoms. The number of benzene rings is 1. The van der Waals surface area contributed by atoms with E-state index >= 15 is 0 Å². The lowest BCUT2D eigenvalue weighted by molar-refractivity contribution is -0.136. The highest BCUT2D eigenvalue weighted by atomic mass is 35.5. The molecular weight excluding hydrogens is 284 g/mol. The highest BCUT2D eigenvalue weighted by molar-refractivity contribution is 6.32. The molecule has 2 heterocycles. The van der Waals surface area contributed by atoms with E-state index in [-0.39, 0.29) is 24.0 Å². The molecule has 1 unspecified atom stereocenters. The number of nitrogens with zero attached hydrogens (tertiary/aromatic N) is 1. The summed E-state index contributed by atoms with van der Waals surface area (Å²) in [7, 11) is 0. The Morgan fingerprint density at radius 3 is 2.50 bits per heavy atom. The van der Waals surface area contributed by atoms with Crippen LogP contribution in [0.25, 0.3) is 0 Å². The van der Waals surface area contributed by atoms with Gasteiger partial charge in [0.1, 0.15) is 6.04 Å². The Bertz CT molecular complexity index is 670. The van der Waals surface area contributed by atoms with E-state index in [0.717, 1.165) is 4.90 Å². The van der Waals surface area contributed by atoms with Gasteiger partial charge in [-0.05, 0) is 24.6 Å². The van der Waals surface area contributed by atoms with Crippen molar-refractivity contribution in [2.75, 3.05) is 0 Å². The lowest BCUT2D eigenvalue weighted by atomic mass is 10.0. The largest absolute Gasteiger partial charge is 0.295 e. The molecule has 1 atom stereocenters. The molecule has 1 N–H and O–H groups in total. The molecule has 0 aliphatic carbocycles. The van der Waals surface area contributed by atoms with Crippen LogP contribution in [0.4, 0.5) is 0 Å². The zero-order valence-corrected chi connectivity index (χ0v) is 10.9. The molecule has 1 fully saturated rings. The Morgan fingerprint density at radius 1 is 1.10 bits per heavy atom. The fourth-order valence-corrected chi connectivity index (χ4v) is 2.62. The lowest BCUT2D eigenvalue weighted by Gasteiger charge is -2.27. The number of hydrogen-bond donors (Lipinski definition) is 1. The molecule has 2 aliphatic heterocycles. The highest BCUT2D eigenvalue weighted by Crippen LogP contribution is 2.29. The summed E-state index contributed by atoms with van der Waals surface area (Å²) in [5.74, 6) is -2.11. The lowest BCUT2D eigenvalue weighted by Crippen LogP contribution is -2.54. The van der Waals surface area contributed by atoms with Crippen LogP contribution in [0.3, 0.4) is 0 Å². The number of carbonyl (C=O) groups excluding carboxylic acids is 4. The molecule has 6 nitrogen and oxygen atoms in total. The molecular formula is C13H9ClN2O4. The quantitative estimate of drug-likeness (QED) is 0.774. The second kappa shape index (κ2) is 4.42. The van der Waals surface area contributed by atoms with Crippen molar-refractivity contribution in [3.63, 3.8) is 0 Å². The third-order valence-corrected chi connectivity index (χ3v) is 3.64. The first-order valence-corrected chi connectivity index (χ1v) is 6.38. The maximum absolute atomic E-state index is 12.3. The highest BCUT2D eigenvalue weighted by Gasteiger charge is 2.44. The van der Waals surface area contributed by atoms with Gasteiger partial charge in [-0.1, -0.05) is 11.6 Å². The molecule has 0 aromatic heterocycles. The number of amides is 4. The third kappa shape index (κ3) is 1.80. The van der Waals surface area contributed by atoms with E-state index in [4.69, 9.17) is 11.6 Å². The van der Waals surface area contributed by atoms with Crippen LogP contribution in [-0.2, 0) is 9.59 Å². The number of halogens is 1. The molecule has 4 amide bonds. The summed E-state index contributed by atoms with van der Waals surface area (Å²) in [4.78, 5) is 48.3. The Balaban J connectivity index is 1.97. The van der Waals surface area contributed by atoms with Crippen LogP contribution in [0.1, 0.15) is 33.6 Å². The summed E-state index contributed by atoms with van der Waals surface area (Å²) in [5.41, 5.74) is 0.413. The maximum atomic E-state index is 12.3. The van der Waals surface area contributed by atoms with Gasteiger partial charge in [0.15, 0.2) is 0 Å². The Labute approximate surface area is 118 Å². The smallest absolute Gasteiger partial charge is 0.262 e. The van der Waals surface area contributed by atoms with Gasteiger partial charge >= 0.3 is 0 Å². The molecule has 0 saturated carbocycles. The van der Waals surface area contributed by atoms with Gasteiger partial charge in [-0.2, -0.15) is 0 Å². The third-order valence-electron chi connectivity index (χ3n) is 3.40. The maximum Gasteiger partial charge on any atom is 0.262 e. The van der Waals surface area contributed by atoms with E-state index in [1.165, 1.54) is 18.2 Å². The van der Waals surface area contributed by atoms with Crippen LogP contribution in [0.2, 0.25) is 5.02 Å². The summed E-state index contributed by atoms with van der Waals surface area (Å²) in [6, 6.07) is 3.44. The van der Waals surface area contributed by atoms with Gasteiger partial charge in [-0.25, -0.2) is 0 Å². The fraction of sp³-hybridized carbons (Fsp3) is 0.231. The van der Waals surface area contributed by atoms with Crippen molar-refractivity contribution in [2.45, 2.75) is 18.9 Å². The van der Waals surface area contributed by atoms with Crippen LogP contribution < -0.4 is 5.32 Å². The average Bonchev–Trinajstić information content (AvgIpc) is 2.63. The monoisotopic (exact) mass is 292 g/mol. The van der Waals surface area contributed by atoms with Crippen molar-refractivity contribution >= 4 is 35.2 Å². The molecule has 0 spiro atoms. The number of piperidine rings is 1. The molecule has 20 heavy (non-hydrogen) atoms. The number of nitrogens with one attached hydrogen (secondary N) is 1. The molecule has 102 valence electrons. The average molecular weight is 293 g/mol. The Hall–Kier alpha value is -2.21. The van der Waals surface area contributed by atoms with E-state index in [2.05, 4.69) is 5.32 Å². The summed E-state index contributed by atoms with van der Waals surface area (Å²) >= 11 is 5.81. The fourth-order valence-electron chi connectivity index (χ4n) is 2.44. The predicted octanol–water partition coefficient (Wildman–Crippen LogP) is 0.741. The van der Waals surface area contributed by atoms with Gasteiger partial charge < -0.3 is 0 Å². The SMILES string of the molecule is O=C1CCC(N2C(=O)c3ccc(Cl)cc3C2=O)C(=O)N1. The summed E-state index contributed by atoms with van der Waals surface area (Å²) < 4.78 is 0. The standard InChI is InChI=1S/C13H9ClN2O4/c14-6-1-2-7-8(5-6)13(20)16(12(7)19)9-3-4-10(17)15-11(9)18/h1-2,5,9H,3-4H2,(H,15,17,18). The van der Waals surface area contributed by atoms with Gasteiger partial charge in [-0.3, -0.25) is 29.4 Å². The molecule has 1 saturated heterocycles. The minimum Gasteiger partial charge on any atom is -0.295 e. The van der Waals surface area contributed by atoms with Crippen molar-refractivity contribution in [2.24, 2.45) is 0 Å². The predicted molar refractivity (Wildman–Crippen MR) is 68.1 cm³/mol. The summed E-state index contributed by atoms with van der Waals surface area (Å²) in [6.07, 6.45) is 0.244. The van der Waals surface area contributed by atoms with Gasteiger partial charge in [-0.15, -0.1) is 0 Å². The topological polar surface area (TPSA) is 83.6 Å². The Kier molecular flexibility index (Phi) is 2.83. The number of carbonyl (C=O) groups is 4. The second-order valence-corrected chi connectivity index (χ2v) is 5.07. The first kappa shape index (κ1) is 12.8. The van der Waals surface area contributed by atoms with Crippen LogP contribution in [0.5, 0.6) is 0 Å². The van der Waals surface area contributed by atoms with Gasteiger partial charge in [0.2, 0.25) is 11.8 Å². The van der Waals surface area contributed by atoms with Gasteiger partial charge in [0, 0.05) is 11.4 Å². The van der Waals surface area contributed by atoms with Gasteiger partial charge in [0.05, 0.1) is 11.1 Å². The minimum absolute atomic E-state index is 0.102. The number of imide groups is 2. The second-order valence-electron chi connectivity index (χ2n) is 4.64. The zero-order chi connectivity index (χ0) is 14.4. The van der Waals surface area contributed by atoms with Crippen molar-refractivity contribution < 1.29 is 19.2 Å². The van der Waals surface area contributed by atoms with E-state index in [0.29, 0.717) is 5.02 Å².